The maximum absolute atomic E-state index is 6.03. The third kappa shape index (κ3) is 3.64. The maximum Gasteiger partial charge on any atom is 0.229 e. The monoisotopic (exact) mass is 302 g/mol. The van der Waals surface area contributed by atoms with Crippen molar-refractivity contribution >= 4 is 29.1 Å². The minimum atomic E-state index is 0.542. The van der Waals surface area contributed by atoms with Crippen LogP contribution in [0, 0.1) is 6.92 Å². The molecule has 0 aliphatic heterocycles. The van der Waals surface area contributed by atoms with Crippen molar-refractivity contribution in [3.05, 3.63) is 41.0 Å². The van der Waals surface area contributed by atoms with Gasteiger partial charge in [-0.15, -0.1) is 0 Å². The molecule has 5 heteroatoms. The van der Waals surface area contributed by atoms with Gasteiger partial charge in [-0.25, -0.2) is 4.98 Å². The molecule has 1 aliphatic rings. The average Bonchev–Trinajstić information content (AvgIpc) is 2.96. The number of hydrogen-bond acceptors (Lipinski definition) is 4. The fourth-order valence-electron chi connectivity index (χ4n) is 2.63. The van der Waals surface area contributed by atoms with Crippen LogP contribution in [0.3, 0.4) is 0 Å². The highest BCUT2D eigenvalue weighted by molar-refractivity contribution is 6.30. The van der Waals surface area contributed by atoms with Gasteiger partial charge in [-0.3, -0.25) is 0 Å². The van der Waals surface area contributed by atoms with Crippen LogP contribution in [0.2, 0.25) is 5.02 Å². The van der Waals surface area contributed by atoms with Gasteiger partial charge in [0.15, 0.2) is 0 Å². The Hall–Kier alpha value is -1.81. The Morgan fingerprint density at radius 2 is 2.00 bits per heavy atom. The molecule has 1 saturated carbocycles. The van der Waals surface area contributed by atoms with Crippen molar-refractivity contribution in [3.63, 3.8) is 0 Å². The Morgan fingerprint density at radius 3 is 2.81 bits per heavy atom. The molecule has 0 radical (unpaired) electrons. The van der Waals surface area contributed by atoms with Crippen molar-refractivity contribution in [3.8, 4) is 0 Å². The number of halogens is 1. The molecule has 2 N–H and O–H groups in total. The zero-order chi connectivity index (χ0) is 14.7. The predicted molar refractivity (Wildman–Crippen MR) is 87.4 cm³/mol. The van der Waals surface area contributed by atoms with E-state index in [-0.39, 0.29) is 0 Å². The maximum atomic E-state index is 6.03. The molecule has 0 saturated heterocycles. The van der Waals surface area contributed by atoms with E-state index >= 15 is 0 Å². The highest BCUT2D eigenvalue weighted by Crippen LogP contribution is 2.24. The smallest absolute Gasteiger partial charge is 0.229 e. The van der Waals surface area contributed by atoms with E-state index in [0.717, 1.165) is 17.1 Å². The summed E-state index contributed by atoms with van der Waals surface area (Å²) in [5.41, 5.74) is 2.04. The molecule has 2 aromatic rings. The molecule has 0 atom stereocenters. The second-order valence-corrected chi connectivity index (χ2v) is 5.91. The van der Waals surface area contributed by atoms with Gasteiger partial charge in [-0.05, 0) is 43.5 Å². The fourth-order valence-corrected chi connectivity index (χ4v) is 2.80. The summed E-state index contributed by atoms with van der Waals surface area (Å²) >= 11 is 6.03. The zero-order valence-corrected chi connectivity index (χ0v) is 12.8. The van der Waals surface area contributed by atoms with E-state index in [4.69, 9.17) is 11.6 Å². The van der Waals surface area contributed by atoms with E-state index in [2.05, 4.69) is 20.6 Å². The van der Waals surface area contributed by atoms with Crippen molar-refractivity contribution in [2.24, 2.45) is 0 Å². The number of hydrogen-bond donors (Lipinski definition) is 2. The van der Waals surface area contributed by atoms with Crippen molar-refractivity contribution in [2.45, 2.75) is 38.6 Å². The average molecular weight is 303 g/mol. The molecular weight excluding hydrogens is 284 g/mol. The SMILES string of the molecule is Cc1ccc(Cl)cc1Nc1nccc(NC2CCCC2)n1. The van der Waals surface area contributed by atoms with Gasteiger partial charge in [0.25, 0.3) is 0 Å². The number of benzene rings is 1. The lowest BCUT2D eigenvalue weighted by Crippen LogP contribution is -2.15. The summed E-state index contributed by atoms with van der Waals surface area (Å²) in [5.74, 6) is 1.46. The summed E-state index contributed by atoms with van der Waals surface area (Å²) in [5, 5.41) is 7.41. The molecule has 21 heavy (non-hydrogen) atoms. The number of aryl methyl sites for hydroxylation is 1. The van der Waals surface area contributed by atoms with Gasteiger partial charge in [-0.2, -0.15) is 4.98 Å². The third-order valence-electron chi connectivity index (χ3n) is 3.81. The summed E-state index contributed by atoms with van der Waals surface area (Å²) in [6, 6.07) is 8.19. The number of anilines is 3. The molecule has 3 rings (SSSR count). The third-order valence-corrected chi connectivity index (χ3v) is 4.04. The molecule has 1 fully saturated rings. The molecule has 0 amide bonds. The standard InChI is InChI=1S/C16H19ClN4/c1-11-6-7-12(17)10-14(11)20-16-18-9-8-15(21-16)19-13-4-2-3-5-13/h6-10,13H,2-5H2,1H3,(H2,18,19,20,21). The van der Waals surface area contributed by atoms with Crippen molar-refractivity contribution in [1.29, 1.82) is 0 Å². The first-order valence-corrected chi connectivity index (χ1v) is 7.71. The van der Waals surface area contributed by atoms with Crippen LogP contribution in [-0.4, -0.2) is 16.0 Å². The van der Waals surface area contributed by atoms with Crippen molar-refractivity contribution in [2.75, 3.05) is 10.6 Å². The topological polar surface area (TPSA) is 49.8 Å². The van der Waals surface area contributed by atoms with Crippen LogP contribution in [0.5, 0.6) is 0 Å². The van der Waals surface area contributed by atoms with E-state index in [9.17, 15) is 0 Å². The van der Waals surface area contributed by atoms with E-state index in [1.165, 1.54) is 25.7 Å². The number of rotatable bonds is 4. The highest BCUT2D eigenvalue weighted by Gasteiger charge is 2.15. The molecule has 1 aromatic heterocycles. The van der Waals surface area contributed by atoms with Crippen LogP contribution in [0.15, 0.2) is 30.5 Å². The van der Waals surface area contributed by atoms with E-state index in [1.807, 2.05) is 31.2 Å². The van der Waals surface area contributed by atoms with E-state index < -0.39 is 0 Å². The molecule has 1 aliphatic carbocycles. The van der Waals surface area contributed by atoms with E-state index in [1.54, 1.807) is 6.20 Å². The van der Waals surface area contributed by atoms with Crippen LogP contribution < -0.4 is 10.6 Å². The molecule has 0 bridgehead atoms. The lowest BCUT2D eigenvalue weighted by atomic mass is 10.2. The zero-order valence-electron chi connectivity index (χ0n) is 12.1. The Labute approximate surface area is 130 Å². The van der Waals surface area contributed by atoms with Crippen LogP contribution in [0.4, 0.5) is 17.5 Å². The Kier molecular flexibility index (Phi) is 4.25. The van der Waals surface area contributed by atoms with Gasteiger partial charge in [0.2, 0.25) is 5.95 Å². The van der Waals surface area contributed by atoms with E-state index in [0.29, 0.717) is 17.0 Å². The van der Waals surface area contributed by atoms with Gasteiger partial charge in [-0.1, -0.05) is 30.5 Å². The highest BCUT2D eigenvalue weighted by atomic mass is 35.5. The van der Waals surface area contributed by atoms with Crippen molar-refractivity contribution in [1.82, 2.24) is 9.97 Å². The Balaban J connectivity index is 1.74. The van der Waals surface area contributed by atoms with Gasteiger partial charge >= 0.3 is 0 Å². The summed E-state index contributed by atoms with van der Waals surface area (Å²) in [7, 11) is 0. The first-order valence-electron chi connectivity index (χ1n) is 7.33. The molecule has 0 unspecified atom stereocenters. The number of aromatic nitrogens is 2. The second kappa shape index (κ2) is 6.31. The minimum Gasteiger partial charge on any atom is -0.367 e. The van der Waals surface area contributed by atoms with Crippen LogP contribution in [-0.2, 0) is 0 Å². The summed E-state index contributed by atoms with van der Waals surface area (Å²) in [4.78, 5) is 8.80. The van der Waals surface area contributed by atoms with Gasteiger partial charge in [0, 0.05) is 22.9 Å². The fraction of sp³-hybridized carbons (Fsp3) is 0.375. The lowest BCUT2D eigenvalue weighted by molar-refractivity contribution is 0.750. The number of nitrogens with one attached hydrogen (secondary N) is 2. The first kappa shape index (κ1) is 14.1. The normalized spacial score (nSPS) is 15.1. The summed E-state index contributed by atoms with van der Waals surface area (Å²) < 4.78 is 0. The minimum absolute atomic E-state index is 0.542. The molecule has 0 spiro atoms. The molecule has 1 aromatic carbocycles. The summed E-state index contributed by atoms with van der Waals surface area (Å²) in [6.45, 7) is 2.03. The van der Waals surface area contributed by atoms with Crippen LogP contribution in [0.25, 0.3) is 0 Å². The quantitative estimate of drug-likeness (QED) is 0.871. The summed E-state index contributed by atoms with van der Waals surface area (Å²) in [6.07, 6.45) is 6.82. The van der Waals surface area contributed by atoms with Gasteiger partial charge in [0.05, 0.1) is 0 Å². The molecule has 4 nitrogen and oxygen atoms in total. The molecular formula is C16H19ClN4. The Morgan fingerprint density at radius 1 is 1.19 bits per heavy atom. The second-order valence-electron chi connectivity index (χ2n) is 5.48. The molecule has 1 heterocycles. The number of nitrogens with zero attached hydrogens (tertiary/aromatic N) is 2. The van der Waals surface area contributed by atoms with Gasteiger partial charge < -0.3 is 10.6 Å². The molecule has 110 valence electrons. The Bertz CT molecular complexity index is 623. The van der Waals surface area contributed by atoms with Crippen LogP contribution in [0.1, 0.15) is 31.2 Å². The van der Waals surface area contributed by atoms with Crippen molar-refractivity contribution < 1.29 is 0 Å². The predicted octanol–water partition coefficient (Wildman–Crippen LogP) is 4.54. The van der Waals surface area contributed by atoms with Gasteiger partial charge in [0.1, 0.15) is 5.82 Å². The lowest BCUT2D eigenvalue weighted by Gasteiger charge is -2.14. The van der Waals surface area contributed by atoms with Crippen LogP contribution >= 0.6 is 11.6 Å². The largest absolute Gasteiger partial charge is 0.367 e. The first-order chi connectivity index (χ1) is 10.2.